The van der Waals surface area contributed by atoms with E-state index in [9.17, 15) is 4.79 Å². The van der Waals surface area contributed by atoms with Crippen molar-refractivity contribution in [1.29, 1.82) is 0 Å². The van der Waals surface area contributed by atoms with Crippen LogP contribution < -0.4 is 5.73 Å². The first-order valence-corrected chi connectivity index (χ1v) is 5.54. The molecule has 0 aliphatic carbocycles. The van der Waals surface area contributed by atoms with Crippen LogP contribution in [0.2, 0.25) is 0 Å². The van der Waals surface area contributed by atoms with Crippen molar-refractivity contribution in [3.8, 4) is 5.69 Å². The van der Waals surface area contributed by atoms with E-state index in [1.165, 1.54) is 7.11 Å². The Balaban J connectivity index is 2.43. The molecule has 1 heterocycles. The number of rotatable bonds is 2. The molecule has 0 bridgehead atoms. The molecule has 0 radical (unpaired) electrons. The van der Waals surface area contributed by atoms with Gasteiger partial charge in [0.2, 0.25) is 0 Å². The minimum absolute atomic E-state index is 0.354. The number of imidazole rings is 1. The Labute approximate surface area is 105 Å². The number of aromatic nitrogens is 2. The third-order valence-corrected chi connectivity index (χ3v) is 2.81. The van der Waals surface area contributed by atoms with Crippen LogP contribution in [0.15, 0.2) is 24.3 Å². The standard InChI is InChI=1S/C13H15N3O2/c1-8-12(14)16(9(2)15-8)11-6-4-10(5-7-11)13(17)18-3/h4-7H,14H2,1-3H3. The first kappa shape index (κ1) is 12.2. The van der Waals surface area contributed by atoms with Crippen LogP contribution in [0.5, 0.6) is 0 Å². The molecule has 2 rings (SSSR count). The SMILES string of the molecule is COC(=O)c1ccc(-n2c(C)nc(C)c2N)cc1. The average molecular weight is 245 g/mol. The van der Waals surface area contributed by atoms with Crippen molar-refractivity contribution in [2.45, 2.75) is 13.8 Å². The summed E-state index contributed by atoms with van der Waals surface area (Å²) in [7, 11) is 1.36. The van der Waals surface area contributed by atoms with Gasteiger partial charge >= 0.3 is 5.97 Å². The van der Waals surface area contributed by atoms with E-state index >= 15 is 0 Å². The lowest BCUT2D eigenvalue weighted by Crippen LogP contribution is -2.04. The highest BCUT2D eigenvalue weighted by Gasteiger charge is 2.11. The number of benzene rings is 1. The summed E-state index contributed by atoms with van der Waals surface area (Å²) >= 11 is 0. The van der Waals surface area contributed by atoms with Crippen molar-refractivity contribution in [2.75, 3.05) is 12.8 Å². The van der Waals surface area contributed by atoms with Crippen LogP contribution in [0.1, 0.15) is 21.9 Å². The van der Waals surface area contributed by atoms with E-state index in [2.05, 4.69) is 9.72 Å². The Morgan fingerprint density at radius 1 is 1.28 bits per heavy atom. The number of carbonyl (C=O) groups excluding carboxylic acids is 1. The molecule has 0 aliphatic rings. The van der Waals surface area contributed by atoms with Gasteiger partial charge in [0.1, 0.15) is 11.6 Å². The summed E-state index contributed by atoms with van der Waals surface area (Å²) < 4.78 is 6.49. The molecule has 0 saturated heterocycles. The molecular formula is C13H15N3O2. The zero-order valence-electron chi connectivity index (χ0n) is 10.6. The molecule has 0 unspecified atom stereocenters. The molecule has 1 aromatic carbocycles. The van der Waals surface area contributed by atoms with Gasteiger partial charge in [-0.3, -0.25) is 4.57 Å². The van der Waals surface area contributed by atoms with E-state index in [-0.39, 0.29) is 5.97 Å². The molecule has 0 aliphatic heterocycles. The van der Waals surface area contributed by atoms with E-state index < -0.39 is 0 Å². The number of hydrogen-bond donors (Lipinski definition) is 1. The predicted molar refractivity (Wildman–Crippen MR) is 68.8 cm³/mol. The predicted octanol–water partition coefficient (Wildman–Crippen LogP) is 1.86. The van der Waals surface area contributed by atoms with Crippen LogP contribution in [0.25, 0.3) is 5.69 Å². The van der Waals surface area contributed by atoms with Crippen molar-refractivity contribution in [1.82, 2.24) is 9.55 Å². The number of nitrogens with zero attached hydrogens (tertiary/aromatic N) is 2. The number of nitrogen functional groups attached to an aromatic ring is 1. The highest BCUT2D eigenvalue weighted by atomic mass is 16.5. The Bertz CT molecular complexity index is 585. The first-order chi connectivity index (χ1) is 8.54. The van der Waals surface area contributed by atoms with Crippen LogP contribution in [0, 0.1) is 13.8 Å². The Morgan fingerprint density at radius 3 is 2.33 bits per heavy atom. The number of hydrogen-bond acceptors (Lipinski definition) is 4. The molecule has 2 N–H and O–H groups in total. The van der Waals surface area contributed by atoms with E-state index in [4.69, 9.17) is 5.73 Å². The lowest BCUT2D eigenvalue weighted by molar-refractivity contribution is 0.0601. The summed E-state index contributed by atoms with van der Waals surface area (Å²) in [4.78, 5) is 15.6. The zero-order chi connectivity index (χ0) is 13.3. The third-order valence-electron chi connectivity index (χ3n) is 2.81. The van der Waals surface area contributed by atoms with Crippen LogP contribution in [-0.4, -0.2) is 22.6 Å². The fraction of sp³-hybridized carbons (Fsp3) is 0.231. The Kier molecular flexibility index (Phi) is 3.06. The number of ether oxygens (including phenoxy) is 1. The van der Waals surface area contributed by atoms with Crippen molar-refractivity contribution < 1.29 is 9.53 Å². The topological polar surface area (TPSA) is 70.1 Å². The van der Waals surface area contributed by atoms with Gasteiger partial charge in [-0.1, -0.05) is 0 Å². The van der Waals surface area contributed by atoms with Crippen molar-refractivity contribution in [2.24, 2.45) is 0 Å². The van der Waals surface area contributed by atoms with Gasteiger partial charge in [0.15, 0.2) is 0 Å². The van der Waals surface area contributed by atoms with Gasteiger partial charge < -0.3 is 10.5 Å². The minimum Gasteiger partial charge on any atom is -0.465 e. The molecule has 0 fully saturated rings. The maximum Gasteiger partial charge on any atom is 0.337 e. The Morgan fingerprint density at radius 2 is 1.89 bits per heavy atom. The van der Waals surface area contributed by atoms with Crippen molar-refractivity contribution in [3.05, 3.63) is 41.3 Å². The molecule has 94 valence electrons. The molecule has 0 amide bonds. The van der Waals surface area contributed by atoms with Gasteiger partial charge in [-0.05, 0) is 38.1 Å². The molecular weight excluding hydrogens is 230 g/mol. The van der Waals surface area contributed by atoms with E-state index in [0.29, 0.717) is 11.4 Å². The van der Waals surface area contributed by atoms with E-state index in [1.807, 2.05) is 30.5 Å². The van der Waals surface area contributed by atoms with E-state index in [0.717, 1.165) is 17.2 Å². The fourth-order valence-corrected chi connectivity index (χ4v) is 1.88. The lowest BCUT2D eigenvalue weighted by atomic mass is 10.2. The van der Waals surface area contributed by atoms with Crippen LogP contribution in [0.4, 0.5) is 5.82 Å². The molecule has 5 heteroatoms. The second-order valence-corrected chi connectivity index (χ2v) is 4.00. The summed E-state index contributed by atoms with van der Waals surface area (Å²) in [6, 6.07) is 7.04. The first-order valence-electron chi connectivity index (χ1n) is 5.54. The molecule has 2 aromatic rings. The number of carbonyl (C=O) groups is 1. The normalized spacial score (nSPS) is 10.4. The van der Waals surface area contributed by atoms with Gasteiger partial charge in [0.25, 0.3) is 0 Å². The minimum atomic E-state index is -0.354. The van der Waals surface area contributed by atoms with Gasteiger partial charge in [-0.15, -0.1) is 0 Å². The summed E-state index contributed by atoms with van der Waals surface area (Å²) in [5.41, 5.74) is 8.15. The highest BCUT2D eigenvalue weighted by molar-refractivity contribution is 5.89. The number of anilines is 1. The van der Waals surface area contributed by atoms with Crippen molar-refractivity contribution in [3.63, 3.8) is 0 Å². The highest BCUT2D eigenvalue weighted by Crippen LogP contribution is 2.20. The third kappa shape index (κ3) is 1.95. The van der Waals surface area contributed by atoms with Crippen LogP contribution in [0.3, 0.4) is 0 Å². The van der Waals surface area contributed by atoms with Gasteiger partial charge in [0, 0.05) is 5.69 Å². The lowest BCUT2D eigenvalue weighted by Gasteiger charge is -2.08. The van der Waals surface area contributed by atoms with Gasteiger partial charge in [-0.2, -0.15) is 0 Å². The maximum absolute atomic E-state index is 11.3. The molecule has 0 spiro atoms. The Hall–Kier alpha value is -2.30. The second-order valence-electron chi connectivity index (χ2n) is 4.00. The quantitative estimate of drug-likeness (QED) is 0.820. The molecule has 1 aromatic heterocycles. The average Bonchev–Trinajstić information content (AvgIpc) is 2.63. The van der Waals surface area contributed by atoms with Gasteiger partial charge in [0.05, 0.1) is 18.4 Å². The summed E-state index contributed by atoms with van der Waals surface area (Å²) in [6.07, 6.45) is 0. The number of nitrogens with two attached hydrogens (primary N) is 1. The maximum atomic E-state index is 11.3. The van der Waals surface area contributed by atoms with E-state index in [1.54, 1.807) is 12.1 Å². The number of esters is 1. The monoisotopic (exact) mass is 245 g/mol. The number of methoxy groups -OCH3 is 1. The molecule has 0 saturated carbocycles. The molecule has 5 nitrogen and oxygen atoms in total. The second kappa shape index (κ2) is 4.52. The summed E-state index contributed by atoms with van der Waals surface area (Å²) in [5, 5.41) is 0. The smallest absolute Gasteiger partial charge is 0.337 e. The molecule has 0 atom stereocenters. The summed E-state index contributed by atoms with van der Waals surface area (Å²) in [5.74, 6) is 1.07. The zero-order valence-corrected chi connectivity index (χ0v) is 10.6. The largest absolute Gasteiger partial charge is 0.465 e. The van der Waals surface area contributed by atoms with Crippen LogP contribution >= 0.6 is 0 Å². The van der Waals surface area contributed by atoms with Gasteiger partial charge in [-0.25, -0.2) is 9.78 Å². The molecule has 18 heavy (non-hydrogen) atoms. The van der Waals surface area contributed by atoms with Crippen LogP contribution in [-0.2, 0) is 4.74 Å². The van der Waals surface area contributed by atoms with Crippen molar-refractivity contribution >= 4 is 11.8 Å². The summed E-state index contributed by atoms with van der Waals surface area (Å²) in [6.45, 7) is 3.75. The fourth-order valence-electron chi connectivity index (χ4n) is 1.88. The number of aryl methyl sites for hydroxylation is 2.